The lowest BCUT2D eigenvalue weighted by Gasteiger charge is -2.05. The number of aromatic nitrogens is 5. The van der Waals surface area contributed by atoms with Gasteiger partial charge in [0.2, 0.25) is 0 Å². The molecule has 0 saturated heterocycles. The van der Waals surface area contributed by atoms with Gasteiger partial charge in [0.05, 0.1) is 6.33 Å². The first-order valence-electron chi connectivity index (χ1n) is 7.31. The van der Waals surface area contributed by atoms with E-state index in [1.165, 1.54) is 0 Å². The van der Waals surface area contributed by atoms with Crippen LogP contribution in [0.2, 0.25) is 5.02 Å². The van der Waals surface area contributed by atoms with Gasteiger partial charge in [-0.3, -0.25) is 9.78 Å². The second kappa shape index (κ2) is 5.90. The minimum Gasteiger partial charge on any atom is -0.320 e. The SMILES string of the molecule is O=c1[nH]c(-c2ccncc2)nc2ncn(Cc3cccc(Cl)c3)c12. The van der Waals surface area contributed by atoms with Gasteiger partial charge < -0.3 is 9.55 Å². The van der Waals surface area contributed by atoms with Crippen molar-refractivity contribution < 1.29 is 0 Å². The Kier molecular flexibility index (Phi) is 3.59. The molecule has 0 amide bonds. The van der Waals surface area contributed by atoms with Gasteiger partial charge in [0.1, 0.15) is 5.82 Å². The van der Waals surface area contributed by atoms with Crippen LogP contribution in [-0.4, -0.2) is 24.5 Å². The van der Waals surface area contributed by atoms with E-state index in [9.17, 15) is 4.79 Å². The van der Waals surface area contributed by atoms with Gasteiger partial charge in [-0.15, -0.1) is 0 Å². The normalized spacial score (nSPS) is 11.0. The van der Waals surface area contributed by atoms with E-state index in [0.29, 0.717) is 28.6 Å². The Morgan fingerprint density at radius 3 is 2.79 bits per heavy atom. The topological polar surface area (TPSA) is 76.5 Å². The molecule has 0 radical (unpaired) electrons. The number of aromatic amines is 1. The number of halogens is 1. The predicted octanol–water partition coefficient (Wildman–Crippen LogP) is 2.88. The highest BCUT2D eigenvalue weighted by molar-refractivity contribution is 6.30. The first-order valence-corrected chi connectivity index (χ1v) is 7.68. The summed E-state index contributed by atoms with van der Waals surface area (Å²) in [4.78, 5) is 28.0. The van der Waals surface area contributed by atoms with Crippen molar-refractivity contribution in [2.45, 2.75) is 6.54 Å². The third kappa shape index (κ3) is 2.68. The molecule has 0 aliphatic carbocycles. The van der Waals surface area contributed by atoms with Gasteiger partial charge in [-0.05, 0) is 29.8 Å². The highest BCUT2D eigenvalue weighted by Crippen LogP contribution is 2.16. The van der Waals surface area contributed by atoms with Crippen molar-refractivity contribution in [3.05, 3.63) is 76.1 Å². The Hall–Kier alpha value is -2.99. The fourth-order valence-corrected chi connectivity index (χ4v) is 2.80. The van der Waals surface area contributed by atoms with Gasteiger partial charge in [-0.1, -0.05) is 23.7 Å². The fraction of sp³-hybridized carbons (Fsp3) is 0.0588. The van der Waals surface area contributed by atoms with E-state index in [4.69, 9.17) is 11.6 Å². The summed E-state index contributed by atoms with van der Waals surface area (Å²) in [5, 5.41) is 0.656. The third-order valence-electron chi connectivity index (χ3n) is 3.68. The van der Waals surface area contributed by atoms with Crippen molar-refractivity contribution in [2.24, 2.45) is 0 Å². The zero-order valence-corrected chi connectivity index (χ0v) is 13.2. The van der Waals surface area contributed by atoms with Gasteiger partial charge in [0.15, 0.2) is 11.2 Å². The number of nitrogens with zero attached hydrogens (tertiary/aromatic N) is 4. The van der Waals surface area contributed by atoms with Crippen molar-refractivity contribution >= 4 is 22.8 Å². The molecule has 0 aliphatic heterocycles. The Bertz CT molecular complexity index is 1070. The number of rotatable bonds is 3. The second-order valence-electron chi connectivity index (χ2n) is 5.33. The number of imidazole rings is 1. The van der Waals surface area contributed by atoms with E-state index in [2.05, 4.69) is 19.9 Å². The van der Waals surface area contributed by atoms with Gasteiger partial charge >= 0.3 is 0 Å². The summed E-state index contributed by atoms with van der Waals surface area (Å²) in [5.41, 5.74) is 2.39. The average molecular weight is 338 g/mol. The van der Waals surface area contributed by atoms with Gasteiger partial charge in [0, 0.05) is 29.5 Å². The quantitative estimate of drug-likeness (QED) is 0.623. The molecule has 0 bridgehead atoms. The maximum Gasteiger partial charge on any atom is 0.277 e. The summed E-state index contributed by atoms with van der Waals surface area (Å²) < 4.78 is 1.77. The first kappa shape index (κ1) is 14.6. The van der Waals surface area contributed by atoms with Crippen LogP contribution in [-0.2, 0) is 6.54 Å². The lowest BCUT2D eigenvalue weighted by atomic mass is 10.2. The molecular weight excluding hydrogens is 326 g/mol. The lowest BCUT2D eigenvalue weighted by Crippen LogP contribution is -2.13. The van der Waals surface area contributed by atoms with Crippen LogP contribution in [0.25, 0.3) is 22.6 Å². The predicted molar refractivity (Wildman–Crippen MR) is 91.9 cm³/mol. The third-order valence-corrected chi connectivity index (χ3v) is 3.91. The van der Waals surface area contributed by atoms with Crippen LogP contribution in [0.5, 0.6) is 0 Å². The minimum absolute atomic E-state index is 0.230. The lowest BCUT2D eigenvalue weighted by molar-refractivity contribution is 0.820. The Morgan fingerprint density at radius 2 is 2.00 bits per heavy atom. The van der Waals surface area contributed by atoms with Gasteiger partial charge in [-0.25, -0.2) is 9.97 Å². The van der Waals surface area contributed by atoms with E-state index in [1.807, 2.05) is 24.3 Å². The fourth-order valence-electron chi connectivity index (χ4n) is 2.58. The first-order chi connectivity index (χ1) is 11.7. The largest absolute Gasteiger partial charge is 0.320 e. The Balaban J connectivity index is 1.79. The summed E-state index contributed by atoms with van der Waals surface area (Å²) in [5.74, 6) is 0.475. The number of nitrogens with one attached hydrogen (secondary N) is 1. The molecule has 0 atom stereocenters. The van der Waals surface area contributed by atoms with Crippen molar-refractivity contribution in [1.82, 2.24) is 24.5 Å². The summed E-state index contributed by atoms with van der Waals surface area (Å²) in [6.07, 6.45) is 4.92. The second-order valence-corrected chi connectivity index (χ2v) is 5.76. The molecule has 0 spiro atoms. The van der Waals surface area contributed by atoms with Crippen LogP contribution in [0.3, 0.4) is 0 Å². The van der Waals surface area contributed by atoms with E-state index in [-0.39, 0.29) is 5.56 Å². The van der Waals surface area contributed by atoms with Crippen LogP contribution in [0.1, 0.15) is 5.56 Å². The smallest absolute Gasteiger partial charge is 0.277 e. The molecule has 24 heavy (non-hydrogen) atoms. The monoisotopic (exact) mass is 337 g/mol. The highest BCUT2D eigenvalue weighted by Gasteiger charge is 2.12. The summed E-state index contributed by atoms with van der Waals surface area (Å²) >= 11 is 6.01. The maximum atomic E-state index is 12.5. The molecule has 0 saturated carbocycles. The summed E-state index contributed by atoms with van der Waals surface area (Å²) in [6, 6.07) is 11.1. The van der Waals surface area contributed by atoms with E-state index >= 15 is 0 Å². The average Bonchev–Trinajstić information content (AvgIpc) is 2.99. The number of hydrogen-bond donors (Lipinski definition) is 1. The maximum absolute atomic E-state index is 12.5. The van der Waals surface area contributed by atoms with Crippen molar-refractivity contribution in [3.8, 4) is 11.4 Å². The van der Waals surface area contributed by atoms with Gasteiger partial charge in [0.25, 0.3) is 5.56 Å². The molecule has 7 heteroatoms. The van der Waals surface area contributed by atoms with E-state index in [1.54, 1.807) is 35.4 Å². The molecule has 3 aromatic heterocycles. The molecule has 6 nitrogen and oxygen atoms in total. The highest BCUT2D eigenvalue weighted by atomic mass is 35.5. The standard InChI is InChI=1S/C17H12ClN5O/c18-13-3-1-2-11(8-13)9-23-10-20-16-14(23)17(24)22-15(21-16)12-4-6-19-7-5-12/h1-8,10H,9H2,(H,21,22,24). The minimum atomic E-state index is -0.230. The summed E-state index contributed by atoms with van der Waals surface area (Å²) in [7, 11) is 0. The zero-order valence-electron chi connectivity index (χ0n) is 12.5. The van der Waals surface area contributed by atoms with Crippen molar-refractivity contribution in [2.75, 3.05) is 0 Å². The number of hydrogen-bond acceptors (Lipinski definition) is 4. The molecule has 1 N–H and O–H groups in total. The zero-order chi connectivity index (χ0) is 16.5. The molecule has 118 valence electrons. The van der Waals surface area contributed by atoms with E-state index in [0.717, 1.165) is 11.1 Å². The molecule has 4 aromatic rings. The number of fused-ring (bicyclic) bond motifs is 1. The van der Waals surface area contributed by atoms with Crippen LogP contribution in [0, 0.1) is 0 Å². The molecular formula is C17H12ClN5O. The van der Waals surface area contributed by atoms with Crippen molar-refractivity contribution in [3.63, 3.8) is 0 Å². The molecule has 4 rings (SSSR count). The summed E-state index contributed by atoms with van der Waals surface area (Å²) in [6.45, 7) is 0.496. The van der Waals surface area contributed by atoms with Crippen LogP contribution in [0.15, 0.2) is 59.9 Å². The Morgan fingerprint density at radius 1 is 1.17 bits per heavy atom. The molecule has 1 aromatic carbocycles. The van der Waals surface area contributed by atoms with Crippen LogP contribution < -0.4 is 5.56 Å². The van der Waals surface area contributed by atoms with Crippen molar-refractivity contribution in [1.29, 1.82) is 0 Å². The molecule has 3 heterocycles. The number of benzene rings is 1. The molecule has 0 fully saturated rings. The van der Waals surface area contributed by atoms with Crippen LogP contribution in [0.4, 0.5) is 0 Å². The number of H-pyrrole nitrogens is 1. The van der Waals surface area contributed by atoms with Crippen LogP contribution >= 0.6 is 11.6 Å². The molecule has 0 unspecified atom stereocenters. The number of pyridine rings is 1. The van der Waals surface area contributed by atoms with Gasteiger partial charge in [-0.2, -0.15) is 0 Å². The Labute approximate surface area is 141 Å². The molecule has 0 aliphatic rings. The van der Waals surface area contributed by atoms with E-state index < -0.39 is 0 Å².